The van der Waals surface area contributed by atoms with Gasteiger partial charge in [-0.2, -0.15) is 5.26 Å². The van der Waals surface area contributed by atoms with Crippen LogP contribution in [0.5, 0.6) is 0 Å². The van der Waals surface area contributed by atoms with Gasteiger partial charge in [0.2, 0.25) is 0 Å². The fraction of sp³-hybridized carbons (Fsp3) is 0.455. The summed E-state index contributed by atoms with van der Waals surface area (Å²) >= 11 is 6.01. The van der Waals surface area contributed by atoms with E-state index in [2.05, 4.69) is 10.3 Å². The standard InChI is InChI=1S/C11H12ClN3O2/c12-10-8(5-13)1-2-14-11(10)15-6-9-7-16-3-4-17-9/h1-2,9H,3-4,6-7H2,(H,14,15). The van der Waals surface area contributed by atoms with E-state index in [1.54, 1.807) is 12.3 Å². The van der Waals surface area contributed by atoms with Gasteiger partial charge in [0.05, 0.1) is 31.5 Å². The molecule has 0 aromatic carbocycles. The first-order valence-corrected chi connectivity index (χ1v) is 5.67. The Morgan fingerprint density at radius 3 is 3.18 bits per heavy atom. The van der Waals surface area contributed by atoms with E-state index in [1.807, 2.05) is 6.07 Å². The van der Waals surface area contributed by atoms with Gasteiger partial charge < -0.3 is 14.8 Å². The summed E-state index contributed by atoms with van der Waals surface area (Å²) in [6.07, 6.45) is 1.54. The molecular weight excluding hydrogens is 242 g/mol. The molecule has 1 unspecified atom stereocenters. The lowest BCUT2D eigenvalue weighted by atomic mass is 10.3. The first kappa shape index (κ1) is 12.1. The maximum atomic E-state index is 8.83. The smallest absolute Gasteiger partial charge is 0.146 e. The van der Waals surface area contributed by atoms with Crippen molar-refractivity contribution in [2.75, 3.05) is 31.7 Å². The van der Waals surface area contributed by atoms with E-state index in [0.717, 1.165) is 0 Å². The average Bonchev–Trinajstić information content (AvgIpc) is 2.39. The number of hydrogen-bond donors (Lipinski definition) is 1. The molecule has 1 aromatic heterocycles. The van der Waals surface area contributed by atoms with Gasteiger partial charge in [-0.25, -0.2) is 4.98 Å². The molecule has 1 aliphatic heterocycles. The predicted octanol–water partition coefficient (Wildman–Crippen LogP) is 1.43. The van der Waals surface area contributed by atoms with Crippen molar-refractivity contribution in [2.45, 2.75) is 6.10 Å². The van der Waals surface area contributed by atoms with Crippen molar-refractivity contribution in [2.24, 2.45) is 0 Å². The minimum Gasteiger partial charge on any atom is -0.376 e. The van der Waals surface area contributed by atoms with Crippen LogP contribution in [0.4, 0.5) is 5.82 Å². The fourth-order valence-electron chi connectivity index (χ4n) is 1.52. The van der Waals surface area contributed by atoms with Gasteiger partial charge in [0.25, 0.3) is 0 Å². The van der Waals surface area contributed by atoms with Crippen molar-refractivity contribution in [3.8, 4) is 6.07 Å². The third-order valence-corrected chi connectivity index (χ3v) is 2.77. The number of ether oxygens (including phenoxy) is 2. The van der Waals surface area contributed by atoms with Gasteiger partial charge in [0, 0.05) is 12.7 Å². The molecule has 2 heterocycles. The van der Waals surface area contributed by atoms with Crippen molar-refractivity contribution in [3.63, 3.8) is 0 Å². The second kappa shape index (κ2) is 5.82. The van der Waals surface area contributed by atoms with Crippen LogP contribution in [0, 0.1) is 11.3 Å². The Kier molecular flexibility index (Phi) is 4.15. The largest absolute Gasteiger partial charge is 0.376 e. The van der Waals surface area contributed by atoms with Crippen LogP contribution < -0.4 is 5.32 Å². The molecule has 0 aliphatic carbocycles. The van der Waals surface area contributed by atoms with Crippen LogP contribution in [0.25, 0.3) is 0 Å². The van der Waals surface area contributed by atoms with Gasteiger partial charge in [-0.3, -0.25) is 0 Å². The topological polar surface area (TPSA) is 67.2 Å². The predicted molar refractivity (Wildman–Crippen MR) is 63.0 cm³/mol. The molecule has 0 amide bonds. The number of anilines is 1. The maximum absolute atomic E-state index is 8.83. The highest BCUT2D eigenvalue weighted by molar-refractivity contribution is 6.34. The van der Waals surface area contributed by atoms with Gasteiger partial charge in [-0.1, -0.05) is 11.6 Å². The number of rotatable bonds is 3. The van der Waals surface area contributed by atoms with Crippen molar-refractivity contribution >= 4 is 17.4 Å². The zero-order chi connectivity index (χ0) is 12.1. The molecule has 1 fully saturated rings. The number of hydrogen-bond acceptors (Lipinski definition) is 5. The highest BCUT2D eigenvalue weighted by Crippen LogP contribution is 2.22. The van der Waals surface area contributed by atoms with Gasteiger partial charge in [-0.15, -0.1) is 0 Å². The molecule has 0 radical (unpaired) electrons. The quantitative estimate of drug-likeness (QED) is 0.883. The second-order valence-corrected chi connectivity index (χ2v) is 3.96. The third kappa shape index (κ3) is 3.07. The molecule has 17 heavy (non-hydrogen) atoms. The van der Waals surface area contributed by atoms with Crippen LogP contribution in [0.3, 0.4) is 0 Å². The molecule has 90 valence electrons. The number of nitrogens with one attached hydrogen (secondary N) is 1. The molecule has 1 aromatic rings. The molecule has 6 heteroatoms. The summed E-state index contributed by atoms with van der Waals surface area (Å²) in [4.78, 5) is 4.08. The molecule has 0 spiro atoms. The first-order valence-electron chi connectivity index (χ1n) is 5.29. The second-order valence-electron chi connectivity index (χ2n) is 3.58. The highest BCUT2D eigenvalue weighted by Gasteiger charge is 2.15. The molecular formula is C11H12ClN3O2. The van der Waals surface area contributed by atoms with Crippen molar-refractivity contribution < 1.29 is 9.47 Å². The van der Waals surface area contributed by atoms with Crippen LogP contribution >= 0.6 is 11.6 Å². The number of pyridine rings is 1. The van der Waals surface area contributed by atoms with Crippen molar-refractivity contribution in [3.05, 3.63) is 22.8 Å². The summed E-state index contributed by atoms with van der Waals surface area (Å²) < 4.78 is 10.7. The van der Waals surface area contributed by atoms with Crippen LogP contribution in [0.15, 0.2) is 12.3 Å². The van der Waals surface area contributed by atoms with Gasteiger partial charge in [0.1, 0.15) is 16.9 Å². The van der Waals surface area contributed by atoms with E-state index in [9.17, 15) is 0 Å². The average molecular weight is 254 g/mol. The molecule has 1 aliphatic rings. The normalized spacial score (nSPS) is 19.6. The molecule has 1 saturated heterocycles. The van der Waals surface area contributed by atoms with Gasteiger partial charge in [0.15, 0.2) is 0 Å². The zero-order valence-electron chi connectivity index (χ0n) is 9.15. The lowest BCUT2D eigenvalue weighted by molar-refractivity contribution is -0.0819. The van der Waals surface area contributed by atoms with E-state index in [-0.39, 0.29) is 6.10 Å². The Morgan fingerprint density at radius 2 is 2.47 bits per heavy atom. The summed E-state index contributed by atoms with van der Waals surface area (Å²) in [5, 5.41) is 12.2. The number of nitrogens with zero attached hydrogens (tertiary/aromatic N) is 2. The third-order valence-electron chi connectivity index (χ3n) is 2.39. The van der Waals surface area contributed by atoms with Crippen molar-refractivity contribution in [1.29, 1.82) is 5.26 Å². The molecule has 5 nitrogen and oxygen atoms in total. The van der Waals surface area contributed by atoms with E-state index in [1.165, 1.54) is 0 Å². The minimum atomic E-state index is -0.00708. The molecule has 0 bridgehead atoms. The molecule has 0 saturated carbocycles. The molecule has 2 rings (SSSR count). The fourth-order valence-corrected chi connectivity index (χ4v) is 1.74. The highest BCUT2D eigenvalue weighted by atomic mass is 35.5. The minimum absolute atomic E-state index is 0.00708. The number of nitriles is 1. The van der Waals surface area contributed by atoms with Crippen LogP contribution in [0.1, 0.15) is 5.56 Å². The number of halogens is 1. The van der Waals surface area contributed by atoms with E-state index >= 15 is 0 Å². The lowest BCUT2D eigenvalue weighted by Crippen LogP contribution is -2.34. The van der Waals surface area contributed by atoms with Gasteiger partial charge in [-0.05, 0) is 6.07 Å². The SMILES string of the molecule is N#Cc1ccnc(NCC2COCCO2)c1Cl. The number of aromatic nitrogens is 1. The monoisotopic (exact) mass is 253 g/mol. The Bertz CT molecular complexity index is 427. The van der Waals surface area contributed by atoms with Crippen LogP contribution in [-0.2, 0) is 9.47 Å². The van der Waals surface area contributed by atoms with E-state index in [4.69, 9.17) is 26.3 Å². The Labute approximate surface area is 104 Å². The summed E-state index contributed by atoms with van der Waals surface area (Å²) in [5.41, 5.74) is 0.407. The Morgan fingerprint density at radius 1 is 1.59 bits per heavy atom. The Balaban J connectivity index is 1.96. The van der Waals surface area contributed by atoms with Crippen LogP contribution in [0.2, 0.25) is 5.02 Å². The molecule has 1 atom stereocenters. The van der Waals surface area contributed by atoms with Gasteiger partial charge >= 0.3 is 0 Å². The van der Waals surface area contributed by atoms with Crippen LogP contribution in [-0.4, -0.2) is 37.5 Å². The summed E-state index contributed by atoms with van der Waals surface area (Å²) in [7, 11) is 0. The summed E-state index contributed by atoms with van der Waals surface area (Å²) in [6, 6.07) is 3.58. The summed E-state index contributed by atoms with van der Waals surface area (Å²) in [6.45, 7) is 2.36. The zero-order valence-corrected chi connectivity index (χ0v) is 9.91. The van der Waals surface area contributed by atoms with Crippen molar-refractivity contribution in [1.82, 2.24) is 4.98 Å². The summed E-state index contributed by atoms with van der Waals surface area (Å²) in [5.74, 6) is 0.500. The first-order chi connectivity index (χ1) is 8.31. The lowest BCUT2D eigenvalue weighted by Gasteiger charge is -2.23. The Hall–Kier alpha value is -1.35. The van der Waals surface area contributed by atoms with E-state index in [0.29, 0.717) is 42.8 Å². The molecule has 1 N–H and O–H groups in total. The maximum Gasteiger partial charge on any atom is 0.146 e. The van der Waals surface area contributed by atoms with E-state index < -0.39 is 0 Å².